The van der Waals surface area contributed by atoms with Crippen molar-refractivity contribution in [3.63, 3.8) is 0 Å². The molecular formula is C25H28N2O5. The highest BCUT2D eigenvalue weighted by Crippen LogP contribution is 2.53. The number of imide groups is 1. The molecule has 7 heteroatoms. The molecule has 2 aliphatic rings. The van der Waals surface area contributed by atoms with Crippen LogP contribution in [-0.4, -0.2) is 39.4 Å². The largest absolute Gasteiger partial charge is 0.507 e. The molecule has 0 aliphatic carbocycles. The average Bonchev–Trinajstić information content (AvgIpc) is 3.26. The van der Waals surface area contributed by atoms with E-state index in [4.69, 9.17) is 0 Å². The summed E-state index contributed by atoms with van der Waals surface area (Å²) >= 11 is 0. The van der Waals surface area contributed by atoms with Gasteiger partial charge in [0.1, 0.15) is 5.75 Å². The Bertz CT molecular complexity index is 1060. The number of aryl methyl sites for hydroxylation is 2. The fourth-order valence-electron chi connectivity index (χ4n) is 5.25. The van der Waals surface area contributed by atoms with Crippen LogP contribution in [-0.2, 0) is 19.9 Å². The van der Waals surface area contributed by atoms with Gasteiger partial charge >= 0.3 is 5.97 Å². The number of hydrogen-bond acceptors (Lipinski definition) is 5. The van der Waals surface area contributed by atoms with Crippen LogP contribution >= 0.6 is 0 Å². The van der Waals surface area contributed by atoms with Gasteiger partial charge in [-0.3, -0.25) is 19.8 Å². The lowest BCUT2D eigenvalue weighted by Gasteiger charge is -2.31. The van der Waals surface area contributed by atoms with Crippen molar-refractivity contribution in [1.82, 2.24) is 10.2 Å². The molecule has 32 heavy (non-hydrogen) atoms. The zero-order valence-electron chi connectivity index (χ0n) is 18.5. The maximum atomic E-state index is 13.5. The van der Waals surface area contributed by atoms with Gasteiger partial charge in [0.25, 0.3) is 0 Å². The Labute approximate surface area is 187 Å². The smallest absolute Gasteiger partial charge is 0.329 e. The van der Waals surface area contributed by atoms with Crippen molar-refractivity contribution >= 4 is 17.8 Å². The second kappa shape index (κ2) is 8.06. The van der Waals surface area contributed by atoms with Gasteiger partial charge in [-0.05, 0) is 42.5 Å². The quantitative estimate of drug-likeness (QED) is 0.601. The molecular weight excluding hydrogens is 408 g/mol. The number of likely N-dealkylation sites (tertiary alicyclic amines) is 1. The summed E-state index contributed by atoms with van der Waals surface area (Å²) in [6, 6.07) is 11.4. The van der Waals surface area contributed by atoms with E-state index in [1.807, 2.05) is 6.92 Å². The molecule has 0 radical (unpaired) electrons. The van der Waals surface area contributed by atoms with Gasteiger partial charge in [-0.2, -0.15) is 0 Å². The Morgan fingerprint density at radius 1 is 1.09 bits per heavy atom. The van der Waals surface area contributed by atoms with Gasteiger partial charge in [-0.25, -0.2) is 4.79 Å². The van der Waals surface area contributed by atoms with Gasteiger partial charge in [0, 0.05) is 12.6 Å². The molecule has 4 atom stereocenters. The molecule has 0 saturated carbocycles. The van der Waals surface area contributed by atoms with E-state index >= 15 is 0 Å². The van der Waals surface area contributed by atoms with Crippen LogP contribution in [0.5, 0.6) is 5.75 Å². The van der Waals surface area contributed by atoms with E-state index in [9.17, 15) is 24.6 Å². The number of phenolic OH excluding ortho intramolecular Hbond substituents is 1. The second-order valence-electron chi connectivity index (χ2n) is 8.79. The van der Waals surface area contributed by atoms with Gasteiger partial charge in [0.15, 0.2) is 5.54 Å². The van der Waals surface area contributed by atoms with Crippen molar-refractivity contribution in [3.8, 4) is 5.75 Å². The number of amides is 2. The molecule has 2 heterocycles. The van der Waals surface area contributed by atoms with Crippen molar-refractivity contribution < 1.29 is 24.6 Å². The first-order chi connectivity index (χ1) is 15.2. The maximum Gasteiger partial charge on any atom is 0.329 e. The Morgan fingerprint density at radius 3 is 2.28 bits per heavy atom. The molecule has 0 aromatic heterocycles. The highest BCUT2D eigenvalue weighted by atomic mass is 16.4. The van der Waals surface area contributed by atoms with Crippen LogP contribution in [0.4, 0.5) is 0 Å². The van der Waals surface area contributed by atoms with Crippen LogP contribution in [0, 0.1) is 25.7 Å². The summed E-state index contributed by atoms with van der Waals surface area (Å²) in [5.74, 6) is -3.72. The first-order valence-corrected chi connectivity index (χ1v) is 11.0. The van der Waals surface area contributed by atoms with Crippen molar-refractivity contribution in [2.24, 2.45) is 11.8 Å². The standard InChI is InChI=1S/C25H28N2O5/c1-4-5-11-27-22(29)18-19(23(27)30)25(24(31)32,17-9-7-6-8-10-17)26-20(18)16-12-14(2)21(28)15(3)13-16/h6-10,12-13,18-20,26,28H,4-5,11H2,1-3H3,(H,31,32). The van der Waals surface area contributed by atoms with E-state index in [-0.39, 0.29) is 18.2 Å². The Balaban J connectivity index is 1.91. The van der Waals surface area contributed by atoms with Crippen LogP contribution < -0.4 is 5.32 Å². The van der Waals surface area contributed by atoms with Gasteiger partial charge < -0.3 is 10.2 Å². The number of benzene rings is 2. The summed E-state index contributed by atoms with van der Waals surface area (Å²) in [6.07, 6.45) is 1.48. The maximum absolute atomic E-state index is 13.5. The Hall–Kier alpha value is -3.19. The number of nitrogens with zero attached hydrogens (tertiary/aromatic N) is 1. The third kappa shape index (κ3) is 3.11. The van der Waals surface area contributed by atoms with Crippen LogP contribution in [0.3, 0.4) is 0 Å². The minimum Gasteiger partial charge on any atom is -0.507 e. The van der Waals surface area contributed by atoms with Crippen molar-refractivity contribution in [3.05, 3.63) is 64.7 Å². The lowest BCUT2D eigenvalue weighted by molar-refractivity contribution is -0.152. The molecule has 7 nitrogen and oxygen atoms in total. The fraction of sp³-hybridized carbons (Fsp3) is 0.400. The van der Waals surface area contributed by atoms with Crippen LogP contribution in [0.15, 0.2) is 42.5 Å². The van der Waals surface area contributed by atoms with Crippen molar-refractivity contribution in [2.45, 2.75) is 45.2 Å². The third-order valence-electron chi connectivity index (χ3n) is 6.83. The van der Waals surface area contributed by atoms with Crippen LogP contribution in [0.1, 0.15) is 48.1 Å². The highest BCUT2D eigenvalue weighted by Gasteiger charge is 2.69. The number of rotatable bonds is 6. The van der Waals surface area contributed by atoms with Gasteiger partial charge in [-0.1, -0.05) is 55.8 Å². The molecule has 168 valence electrons. The van der Waals surface area contributed by atoms with Crippen LogP contribution in [0.2, 0.25) is 0 Å². The molecule has 2 aliphatic heterocycles. The summed E-state index contributed by atoms with van der Waals surface area (Å²) in [6.45, 7) is 5.78. The number of carboxylic acid groups (broad SMARTS) is 1. The number of carboxylic acids is 1. The van der Waals surface area contributed by atoms with E-state index in [0.717, 1.165) is 6.42 Å². The zero-order valence-corrected chi connectivity index (χ0v) is 18.5. The predicted octanol–water partition coefficient (Wildman–Crippen LogP) is 3.03. The first kappa shape index (κ1) is 22.0. The summed E-state index contributed by atoms with van der Waals surface area (Å²) in [7, 11) is 0. The number of aliphatic carboxylic acids is 1. The zero-order chi connectivity index (χ0) is 23.2. The summed E-state index contributed by atoms with van der Waals surface area (Å²) in [5, 5.41) is 23.9. The fourth-order valence-corrected chi connectivity index (χ4v) is 5.25. The minimum absolute atomic E-state index is 0.161. The number of carbonyl (C=O) groups is 3. The molecule has 3 N–H and O–H groups in total. The molecule has 2 amide bonds. The molecule has 4 rings (SSSR count). The highest BCUT2D eigenvalue weighted by molar-refractivity contribution is 6.09. The normalized spacial score (nSPS) is 27.1. The number of aromatic hydroxyl groups is 1. The van der Waals surface area contributed by atoms with Gasteiger partial charge in [0.05, 0.1) is 11.8 Å². The number of nitrogens with one attached hydrogen (secondary N) is 1. The predicted molar refractivity (Wildman–Crippen MR) is 118 cm³/mol. The molecule has 2 saturated heterocycles. The Morgan fingerprint density at radius 2 is 1.72 bits per heavy atom. The molecule has 0 spiro atoms. The van der Waals surface area contributed by atoms with E-state index in [2.05, 4.69) is 5.32 Å². The van der Waals surface area contributed by atoms with Crippen LogP contribution in [0.25, 0.3) is 0 Å². The number of phenols is 1. The van der Waals surface area contributed by atoms with E-state index in [0.29, 0.717) is 28.7 Å². The molecule has 2 fully saturated rings. The lowest BCUT2D eigenvalue weighted by Crippen LogP contribution is -2.53. The lowest BCUT2D eigenvalue weighted by atomic mass is 9.75. The average molecular weight is 437 g/mol. The van der Waals surface area contributed by atoms with Crippen molar-refractivity contribution in [1.29, 1.82) is 0 Å². The monoisotopic (exact) mass is 436 g/mol. The number of carbonyl (C=O) groups excluding carboxylic acids is 2. The van der Waals surface area contributed by atoms with E-state index in [1.54, 1.807) is 56.3 Å². The topological polar surface area (TPSA) is 107 Å². The summed E-state index contributed by atoms with van der Waals surface area (Å²) in [4.78, 5) is 41.1. The first-order valence-electron chi connectivity index (χ1n) is 11.0. The minimum atomic E-state index is -1.73. The third-order valence-corrected chi connectivity index (χ3v) is 6.83. The van der Waals surface area contributed by atoms with E-state index in [1.165, 1.54) is 4.90 Å². The van der Waals surface area contributed by atoms with Gasteiger partial charge in [0.2, 0.25) is 11.8 Å². The summed E-state index contributed by atoms with van der Waals surface area (Å²) in [5.41, 5.74) is 0.654. The number of unbranched alkanes of at least 4 members (excludes halogenated alkanes) is 1. The molecule has 2 aromatic carbocycles. The molecule has 2 aromatic rings. The van der Waals surface area contributed by atoms with Crippen molar-refractivity contribution in [2.75, 3.05) is 6.54 Å². The summed E-state index contributed by atoms with van der Waals surface area (Å²) < 4.78 is 0. The van der Waals surface area contributed by atoms with E-state index < -0.39 is 35.3 Å². The van der Waals surface area contributed by atoms with Gasteiger partial charge in [-0.15, -0.1) is 0 Å². The Kier molecular flexibility index (Phi) is 5.54. The SMILES string of the molecule is CCCCN1C(=O)C2C(c3cc(C)c(O)c(C)c3)NC(C(=O)O)(c3ccccc3)C2C1=O. The molecule has 0 bridgehead atoms. The number of fused-ring (bicyclic) bond motifs is 1. The molecule has 4 unspecified atom stereocenters. The second-order valence-corrected chi connectivity index (χ2v) is 8.79. The number of hydrogen-bond donors (Lipinski definition) is 3.